The van der Waals surface area contributed by atoms with Crippen LogP contribution in [0.25, 0.3) is 0 Å². The number of rotatable bonds is 7. The summed E-state index contributed by atoms with van der Waals surface area (Å²) >= 11 is 1.94. The van der Waals surface area contributed by atoms with E-state index < -0.39 is 0 Å². The summed E-state index contributed by atoms with van der Waals surface area (Å²) in [6.45, 7) is 9.74. The number of piperidine rings is 1. The summed E-state index contributed by atoms with van der Waals surface area (Å²) in [5.74, 6) is 2.03. The van der Waals surface area contributed by atoms with E-state index in [0.717, 1.165) is 31.1 Å². The number of aliphatic hydroxyl groups is 1. The van der Waals surface area contributed by atoms with Gasteiger partial charge in [0.25, 0.3) is 0 Å². The molecule has 0 radical (unpaired) electrons. The Morgan fingerprint density at radius 2 is 2.05 bits per heavy atom. The highest BCUT2D eigenvalue weighted by molar-refractivity contribution is 7.99. The zero-order valence-corrected chi connectivity index (χ0v) is 15.2. The maximum Gasteiger partial charge on any atom is 0.0917 e. The fourth-order valence-electron chi connectivity index (χ4n) is 2.96. The molecule has 1 saturated heterocycles. The third-order valence-corrected chi connectivity index (χ3v) is 5.91. The molecule has 1 unspecified atom stereocenters. The molecule has 0 aromatic heterocycles. The molecule has 1 aliphatic heterocycles. The fourth-order valence-corrected chi connectivity index (χ4v) is 4.07. The Labute approximate surface area is 140 Å². The second kappa shape index (κ2) is 8.95. The number of hydrogen-bond donors (Lipinski definition) is 1. The van der Waals surface area contributed by atoms with Crippen LogP contribution in [0.2, 0.25) is 0 Å². The van der Waals surface area contributed by atoms with Crippen molar-refractivity contribution in [2.24, 2.45) is 5.92 Å². The summed E-state index contributed by atoms with van der Waals surface area (Å²) in [4.78, 5) is 3.76. The van der Waals surface area contributed by atoms with Crippen LogP contribution >= 0.6 is 11.8 Å². The number of aliphatic hydroxyl groups excluding tert-OH is 1. The van der Waals surface area contributed by atoms with Crippen LogP contribution in [-0.4, -0.2) is 35.4 Å². The summed E-state index contributed by atoms with van der Waals surface area (Å²) in [5.41, 5.74) is 2.36. The molecule has 1 aliphatic rings. The minimum absolute atomic E-state index is 0.359. The van der Waals surface area contributed by atoms with Gasteiger partial charge >= 0.3 is 0 Å². The van der Waals surface area contributed by atoms with Crippen LogP contribution in [0.4, 0.5) is 0 Å². The van der Waals surface area contributed by atoms with Crippen molar-refractivity contribution >= 4 is 11.8 Å². The van der Waals surface area contributed by atoms with Gasteiger partial charge in [-0.3, -0.25) is 0 Å². The molecular formula is C19H31NOS. The minimum atomic E-state index is -0.359. The molecule has 1 fully saturated rings. The van der Waals surface area contributed by atoms with Crippen LogP contribution in [0.3, 0.4) is 0 Å². The summed E-state index contributed by atoms with van der Waals surface area (Å²) in [6.07, 6.45) is 4.68. The van der Waals surface area contributed by atoms with Gasteiger partial charge in [-0.05, 0) is 68.1 Å². The molecule has 1 aromatic rings. The molecule has 2 rings (SSSR count). The number of hydrogen-bond acceptors (Lipinski definition) is 3. The Morgan fingerprint density at radius 3 is 2.68 bits per heavy atom. The number of likely N-dealkylation sites (tertiary alicyclic amines) is 1. The highest BCUT2D eigenvalue weighted by Crippen LogP contribution is 2.27. The lowest BCUT2D eigenvalue weighted by Crippen LogP contribution is -2.35. The lowest BCUT2D eigenvalue weighted by molar-refractivity contribution is 0.0915. The van der Waals surface area contributed by atoms with E-state index in [-0.39, 0.29) is 6.10 Å². The van der Waals surface area contributed by atoms with Crippen LogP contribution in [0.15, 0.2) is 23.1 Å². The van der Waals surface area contributed by atoms with Crippen molar-refractivity contribution in [2.45, 2.75) is 57.5 Å². The quantitative estimate of drug-likeness (QED) is 0.584. The number of thioether (sulfide) groups is 1. The Balaban J connectivity index is 1.89. The van der Waals surface area contributed by atoms with Gasteiger partial charge in [-0.1, -0.05) is 32.4 Å². The van der Waals surface area contributed by atoms with E-state index in [2.05, 4.69) is 43.9 Å². The normalized spacial score (nSPS) is 18.5. The van der Waals surface area contributed by atoms with E-state index in [1.807, 2.05) is 11.8 Å². The lowest BCUT2D eigenvalue weighted by atomic mass is 9.98. The van der Waals surface area contributed by atoms with E-state index in [1.165, 1.54) is 41.9 Å². The van der Waals surface area contributed by atoms with Gasteiger partial charge < -0.3 is 10.0 Å². The Kier molecular flexibility index (Phi) is 7.26. The predicted octanol–water partition coefficient (Wildman–Crippen LogP) is 4.65. The van der Waals surface area contributed by atoms with Crippen LogP contribution in [0.5, 0.6) is 0 Å². The van der Waals surface area contributed by atoms with E-state index in [9.17, 15) is 5.11 Å². The third kappa shape index (κ3) is 5.29. The molecule has 0 bridgehead atoms. The Bertz CT molecular complexity index is 455. The average Bonchev–Trinajstić information content (AvgIpc) is 2.51. The second-order valence-electron chi connectivity index (χ2n) is 6.73. The zero-order valence-electron chi connectivity index (χ0n) is 14.3. The Hall–Kier alpha value is -0.510. The molecule has 1 aromatic carbocycles. The van der Waals surface area contributed by atoms with Gasteiger partial charge in [-0.2, -0.15) is 0 Å². The number of nitrogens with zero attached hydrogens (tertiary/aromatic N) is 1. The largest absolute Gasteiger partial charge is 0.387 e. The van der Waals surface area contributed by atoms with Crippen molar-refractivity contribution in [2.75, 3.05) is 25.4 Å². The molecule has 2 nitrogen and oxygen atoms in total. The topological polar surface area (TPSA) is 23.5 Å². The molecule has 0 amide bonds. The van der Waals surface area contributed by atoms with Crippen LogP contribution in [0, 0.1) is 12.8 Å². The van der Waals surface area contributed by atoms with Gasteiger partial charge in [0.05, 0.1) is 6.10 Å². The first-order valence-electron chi connectivity index (χ1n) is 8.74. The van der Waals surface area contributed by atoms with Gasteiger partial charge in [0.2, 0.25) is 0 Å². The molecular weight excluding hydrogens is 290 g/mol. The van der Waals surface area contributed by atoms with Crippen molar-refractivity contribution in [3.05, 3.63) is 29.3 Å². The summed E-state index contributed by atoms with van der Waals surface area (Å²) in [6, 6.07) is 6.47. The second-order valence-corrected chi connectivity index (χ2v) is 7.86. The third-order valence-electron chi connectivity index (χ3n) is 4.65. The SMILES string of the molecule is CCCCSc1ccc(C(O)CN2CCC(C)CC2)cc1C. The minimum Gasteiger partial charge on any atom is -0.387 e. The van der Waals surface area contributed by atoms with Crippen molar-refractivity contribution in [3.63, 3.8) is 0 Å². The van der Waals surface area contributed by atoms with Crippen LogP contribution in [0.1, 0.15) is 56.8 Å². The van der Waals surface area contributed by atoms with E-state index >= 15 is 0 Å². The fraction of sp³-hybridized carbons (Fsp3) is 0.684. The summed E-state index contributed by atoms with van der Waals surface area (Å²) < 4.78 is 0. The van der Waals surface area contributed by atoms with Gasteiger partial charge in [-0.15, -0.1) is 11.8 Å². The molecule has 3 heteroatoms. The monoisotopic (exact) mass is 321 g/mol. The van der Waals surface area contributed by atoms with Crippen LogP contribution in [-0.2, 0) is 0 Å². The van der Waals surface area contributed by atoms with Gasteiger partial charge in [-0.25, -0.2) is 0 Å². The molecule has 22 heavy (non-hydrogen) atoms. The standard InChI is InChI=1S/C19H31NOS/c1-4-5-12-22-19-7-6-17(13-16(19)3)18(21)14-20-10-8-15(2)9-11-20/h6-7,13,15,18,21H,4-5,8-12,14H2,1-3H3. The maximum atomic E-state index is 10.5. The van der Waals surface area contributed by atoms with Crippen molar-refractivity contribution in [1.29, 1.82) is 0 Å². The zero-order chi connectivity index (χ0) is 15.9. The van der Waals surface area contributed by atoms with Crippen molar-refractivity contribution < 1.29 is 5.11 Å². The summed E-state index contributed by atoms with van der Waals surface area (Å²) in [5, 5.41) is 10.5. The number of β-amino-alcohol motifs (C(OH)–C–C–N with tert-alkyl or cyclic N) is 1. The first-order valence-corrected chi connectivity index (χ1v) is 9.72. The molecule has 1 heterocycles. The Morgan fingerprint density at radius 1 is 1.32 bits per heavy atom. The van der Waals surface area contributed by atoms with Gasteiger partial charge in [0.1, 0.15) is 0 Å². The van der Waals surface area contributed by atoms with Gasteiger partial charge in [0.15, 0.2) is 0 Å². The highest BCUT2D eigenvalue weighted by Gasteiger charge is 2.19. The number of benzene rings is 1. The first kappa shape index (κ1) is 17.8. The van der Waals surface area contributed by atoms with Crippen molar-refractivity contribution in [3.8, 4) is 0 Å². The smallest absolute Gasteiger partial charge is 0.0917 e. The van der Waals surface area contributed by atoms with Crippen molar-refractivity contribution in [1.82, 2.24) is 4.90 Å². The highest BCUT2D eigenvalue weighted by atomic mass is 32.2. The van der Waals surface area contributed by atoms with Gasteiger partial charge in [0, 0.05) is 11.4 Å². The molecule has 1 N–H and O–H groups in total. The first-order chi connectivity index (χ1) is 10.6. The molecule has 124 valence electrons. The maximum absolute atomic E-state index is 10.5. The van der Waals surface area contributed by atoms with E-state index in [4.69, 9.17) is 0 Å². The molecule has 0 saturated carbocycles. The van der Waals surface area contributed by atoms with Crippen LogP contribution < -0.4 is 0 Å². The van der Waals surface area contributed by atoms with E-state index in [0.29, 0.717) is 0 Å². The molecule has 0 aliphatic carbocycles. The number of aryl methyl sites for hydroxylation is 1. The molecule has 1 atom stereocenters. The number of unbranched alkanes of at least 4 members (excludes halogenated alkanes) is 1. The molecule has 0 spiro atoms. The summed E-state index contributed by atoms with van der Waals surface area (Å²) in [7, 11) is 0. The van der Waals surface area contributed by atoms with E-state index in [1.54, 1.807) is 0 Å². The average molecular weight is 322 g/mol. The predicted molar refractivity (Wildman–Crippen MR) is 96.6 cm³/mol. The lowest BCUT2D eigenvalue weighted by Gasteiger charge is -2.31.